The minimum atomic E-state index is -3.85. The SMILES string of the molecule is NS(=O)(=O)c1ccc(NC(=O)C(=O)Nc2ccc([N+](=O)[O-])cc2)cc1. The molecule has 0 aromatic heterocycles. The van der Waals surface area contributed by atoms with E-state index in [0.717, 1.165) is 0 Å². The number of nitro groups is 1. The summed E-state index contributed by atoms with van der Waals surface area (Å²) in [6, 6.07) is 9.83. The molecule has 0 fully saturated rings. The van der Waals surface area contributed by atoms with E-state index in [9.17, 15) is 28.1 Å². The Balaban J connectivity index is 2.00. The summed E-state index contributed by atoms with van der Waals surface area (Å²) in [5.41, 5.74) is 0.240. The van der Waals surface area contributed by atoms with Gasteiger partial charge in [-0.1, -0.05) is 0 Å². The van der Waals surface area contributed by atoms with Crippen LogP contribution in [0, 0.1) is 10.1 Å². The highest BCUT2D eigenvalue weighted by atomic mass is 32.2. The number of nitrogens with zero attached hydrogens (tertiary/aromatic N) is 1. The number of anilines is 2. The van der Waals surface area contributed by atoms with Gasteiger partial charge in [0.1, 0.15) is 0 Å². The molecule has 0 saturated carbocycles. The van der Waals surface area contributed by atoms with Crippen molar-refractivity contribution in [3.63, 3.8) is 0 Å². The Labute approximate surface area is 141 Å². The van der Waals surface area contributed by atoms with Crippen LogP contribution in [0.4, 0.5) is 17.1 Å². The Morgan fingerprint density at radius 3 is 1.64 bits per heavy atom. The summed E-state index contributed by atoms with van der Waals surface area (Å²) < 4.78 is 22.3. The van der Waals surface area contributed by atoms with Crippen molar-refractivity contribution in [2.75, 3.05) is 10.6 Å². The molecular weight excluding hydrogens is 352 g/mol. The van der Waals surface area contributed by atoms with Gasteiger partial charge in [0, 0.05) is 23.5 Å². The van der Waals surface area contributed by atoms with E-state index in [1.165, 1.54) is 48.5 Å². The van der Waals surface area contributed by atoms with Crippen LogP contribution in [-0.2, 0) is 19.6 Å². The monoisotopic (exact) mass is 364 g/mol. The normalized spacial score (nSPS) is 10.8. The van der Waals surface area contributed by atoms with Crippen molar-refractivity contribution in [1.82, 2.24) is 0 Å². The van der Waals surface area contributed by atoms with Crippen LogP contribution in [0.5, 0.6) is 0 Å². The smallest absolute Gasteiger partial charge is 0.314 e. The molecule has 2 rings (SSSR count). The predicted molar refractivity (Wildman–Crippen MR) is 88.2 cm³/mol. The van der Waals surface area contributed by atoms with E-state index in [2.05, 4.69) is 10.6 Å². The Hall–Kier alpha value is -3.31. The third-order valence-electron chi connectivity index (χ3n) is 2.98. The van der Waals surface area contributed by atoms with Crippen LogP contribution in [0.2, 0.25) is 0 Å². The van der Waals surface area contributed by atoms with Gasteiger partial charge in [-0.3, -0.25) is 19.7 Å². The van der Waals surface area contributed by atoms with Crippen molar-refractivity contribution >= 4 is 38.9 Å². The van der Waals surface area contributed by atoms with Gasteiger partial charge in [0.25, 0.3) is 5.69 Å². The summed E-state index contributed by atoms with van der Waals surface area (Å²) in [5.74, 6) is -1.99. The standard InChI is InChI=1S/C14H12N4O6S/c15-25(23,24)12-7-3-10(4-8-12)17-14(20)13(19)16-9-1-5-11(6-2-9)18(21)22/h1-8H,(H,16,19)(H,17,20)(H2,15,23,24). The Morgan fingerprint density at radius 1 is 0.880 bits per heavy atom. The van der Waals surface area contributed by atoms with Crippen LogP contribution in [0.15, 0.2) is 53.4 Å². The first-order valence-electron chi connectivity index (χ1n) is 6.66. The molecular formula is C14H12N4O6S. The lowest BCUT2D eigenvalue weighted by atomic mass is 10.3. The summed E-state index contributed by atoms with van der Waals surface area (Å²) in [6.45, 7) is 0. The molecule has 2 aromatic carbocycles. The van der Waals surface area contributed by atoms with E-state index in [4.69, 9.17) is 5.14 Å². The molecule has 0 heterocycles. The quantitative estimate of drug-likeness (QED) is 0.413. The van der Waals surface area contributed by atoms with E-state index in [-0.39, 0.29) is 22.0 Å². The van der Waals surface area contributed by atoms with Gasteiger partial charge >= 0.3 is 11.8 Å². The van der Waals surface area contributed by atoms with Gasteiger partial charge in [0.15, 0.2) is 0 Å². The van der Waals surface area contributed by atoms with E-state index in [0.29, 0.717) is 0 Å². The Bertz CT molecular complexity index is 923. The summed E-state index contributed by atoms with van der Waals surface area (Å²) in [7, 11) is -3.85. The van der Waals surface area contributed by atoms with E-state index < -0.39 is 26.8 Å². The van der Waals surface area contributed by atoms with Crippen molar-refractivity contribution in [2.24, 2.45) is 5.14 Å². The van der Waals surface area contributed by atoms with Crippen LogP contribution in [-0.4, -0.2) is 25.2 Å². The van der Waals surface area contributed by atoms with Crippen LogP contribution >= 0.6 is 0 Å². The van der Waals surface area contributed by atoms with Gasteiger partial charge in [-0.2, -0.15) is 0 Å². The molecule has 10 nitrogen and oxygen atoms in total. The van der Waals surface area contributed by atoms with Crippen LogP contribution in [0.1, 0.15) is 0 Å². The molecule has 0 atom stereocenters. The second-order valence-corrected chi connectivity index (χ2v) is 6.34. The van der Waals surface area contributed by atoms with Gasteiger partial charge in [-0.15, -0.1) is 0 Å². The molecule has 130 valence electrons. The number of nitrogens with one attached hydrogen (secondary N) is 2. The molecule has 0 spiro atoms. The summed E-state index contributed by atoms with van der Waals surface area (Å²) >= 11 is 0. The van der Waals surface area contributed by atoms with Crippen LogP contribution in [0.3, 0.4) is 0 Å². The first-order valence-corrected chi connectivity index (χ1v) is 8.21. The molecule has 0 unspecified atom stereocenters. The zero-order valence-electron chi connectivity index (χ0n) is 12.5. The van der Waals surface area contributed by atoms with Gasteiger partial charge < -0.3 is 10.6 Å². The van der Waals surface area contributed by atoms with Crippen molar-refractivity contribution in [1.29, 1.82) is 0 Å². The van der Waals surface area contributed by atoms with Crippen molar-refractivity contribution in [3.8, 4) is 0 Å². The maximum Gasteiger partial charge on any atom is 0.314 e. The molecule has 2 amide bonds. The molecule has 0 aliphatic carbocycles. The lowest BCUT2D eigenvalue weighted by molar-refractivity contribution is -0.384. The maximum atomic E-state index is 11.8. The van der Waals surface area contributed by atoms with E-state index in [1.54, 1.807) is 0 Å². The zero-order chi connectivity index (χ0) is 18.6. The Morgan fingerprint density at radius 2 is 1.28 bits per heavy atom. The maximum absolute atomic E-state index is 11.8. The molecule has 2 aromatic rings. The number of rotatable bonds is 4. The highest BCUT2D eigenvalue weighted by Gasteiger charge is 2.15. The van der Waals surface area contributed by atoms with E-state index >= 15 is 0 Å². The predicted octanol–water partition coefficient (Wildman–Crippen LogP) is 0.819. The number of nitro benzene ring substituents is 1. The third kappa shape index (κ3) is 4.83. The molecule has 0 aliphatic rings. The number of benzene rings is 2. The number of carbonyl (C=O) groups is 2. The second kappa shape index (κ2) is 7.07. The van der Waals surface area contributed by atoms with Crippen molar-refractivity contribution in [2.45, 2.75) is 4.90 Å². The minimum Gasteiger partial charge on any atom is -0.318 e. The first-order chi connectivity index (χ1) is 11.7. The molecule has 0 radical (unpaired) electrons. The fraction of sp³-hybridized carbons (Fsp3) is 0. The number of sulfonamides is 1. The number of non-ortho nitro benzene ring substituents is 1. The fourth-order valence-corrected chi connectivity index (χ4v) is 2.29. The number of hydrogen-bond donors (Lipinski definition) is 3. The second-order valence-electron chi connectivity index (χ2n) is 4.78. The molecule has 0 saturated heterocycles. The Kier molecular flexibility index (Phi) is 5.10. The van der Waals surface area contributed by atoms with E-state index in [1.807, 2.05) is 0 Å². The van der Waals surface area contributed by atoms with Gasteiger partial charge in [-0.25, -0.2) is 13.6 Å². The average Bonchev–Trinajstić information content (AvgIpc) is 2.55. The lowest BCUT2D eigenvalue weighted by Crippen LogP contribution is -2.29. The molecule has 4 N–H and O–H groups in total. The summed E-state index contributed by atoms with van der Waals surface area (Å²) in [4.78, 5) is 33.4. The molecule has 11 heteroatoms. The number of nitrogens with two attached hydrogens (primary N) is 1. The number of amides is 2. The molecule has 0 aliphatic heterocycles. The van der Waals surface area contributed by atoms with Crippen LogP contribution in [0.25, 0.3) is 0 Å². The third-order valence-corrected chi connectivity index (χ3v) is 3.91. The van der Waals surface area contributed by atoms with Gasteiger partial charge in [-0.05, 0) is 36.4 Å². The first kappa shape index (κ1) is 18.0. The largest absolute Gasteiger partial charge is 0.318 e. The summed E-state index contributed by atoms with van der Waals surface area (Å²) in [6.07, 6.45) is 0. The number of hydrogen-bond acceptors (Lipinski definition) is 6. The van der Waals surface area contributed by atoms with Crippen molar-refractivity contribution < 1.29 is 22.9 Å². The summed E-state index contributed by atoms with van der Waals surface area (Å²) in [5, 5.41) is 20.0. The fourth-order valence-electron chi connectivity index (χ4n) is 1.77. The highest BCUT2D eigenvalue weighted by Crippen LogP contribution is 2.16. The topological polar surface area (TPSA) is 162 Å². The zero-order valence-corrected chi connectivity index (χ0v) is 13.3. The lowest BCUT2D eigenvalue weighted by Gasteiger charge is -2.07. The minimum absolute atomic E-state index is 0.138. The molecule has 0 bridgehead atoms. The number of primary sulfonamides is 1. The highest BCUT2D eigenvalue weighted by molar-refractivity contribution is 7.89. The van der Waals surface area contributed by atoms with Gasteiger partial charge in [0.2, 0.25) is 10.0 Å². The average molecular weight is 364 g/mol. The van der Waals surface area contributed by atoms with Crippen LogP contribution < -0.4 is 15.8 Å². The number of carbonyl (C=O) groups excluding carboxylic acids is 2. The van der Waals surface area contributed by atoms with Gasteiger partial charge in [0.05, 0.1) is 9.82 Å². The van der Waals surface area contributed by atoms with Crippen molar-refractivity contribution in [3.05, 3.63) is 58.6 Å². The molecule has 25 heavy (non-hydrogen) atoms.